The maximum absolute atomic E-state index is 13.0. The van der Waals surface area contributed by atoms with Gasteiger partial charge in [0.25, 0.3) is 0 Å². The van der Waals surface area contributed by atoms with Gasteiger partial charge in [-0.25, -0.2) is 4.39 Å². The van der Waals surface area contributed by atoms with E-state index in [9.17, 15) is 4.39 Å². The largest absolute Gasteiger partial charge is 0.339 e. The zero-order chi connectivity index (χ0) is 13.0. The highest BCUT2D eigenvalue weighted by atomic mass is 19.1. The van der Waals surface area contributed by atoms with Gasteiger partial charge in [-0.2, -0.15) is 4.98 Å². The molecule has 0 aliphatic rings. The van der Waals surface area contributed by atoms with E-state index < -0.39 is 0 Å². The lowest BCUT2D eigenvalue weighted by Gasteiger charge is -2.02. The Morgan fingerprint density at radius 3 is 3.00 bits per heavy atom. The number of hydrogen-bond donors (Lipinski definition) is 1. The number of nitrogens with two attached hydrogens (primary N) is 1. The van der Waals surface area contributed by atoms with E-state index in [0.717, 1.165) is 12.0 Å². The SMILES string of the molecule is CCC(N)Cc1noc(Cc2cccc(F)c2)n1. The molecule has 1 aromatic carbocycles. The van der Waals surface area contributed by atoms with E-state index in [2.05, 4.69) is 10.1 Å². The maximum Gasteiger partial charge on any atom is 0.231 e. The third-order valence-electron chi connectivity index (χ3n) is 2.72. The molecule has 1 atom stereocenters. The third-order valence-corrected chi connectivity index (χ3v) is 2.72. The summed E-state index contributed by atoms with van der Waals surface area (Å²) in [7, 11) is 0. The van der Waals surface area contributed by atoms with Crippen LogP contribution in [0.15, 0.2) is 28.8 Å². The Bertz CT molecular complexity index is 512. The van der Waals surface area contributed by atoms with Crippen molar-refractivity contribution in [1.82, 2.24) is 10.1 Å². The van der Waals surface area contributed by atoms with E-state index in [1.807, 2.05) is 13.0 Å². The molecule has 2 rings (SSSR count). The Kier molecular flexibility index (Phi) is 4.04. The fourth-order valence-electron chi connectivity index (χ4n) is 1.65. The minimum Gasteiger partial charge on any atom is -0.339 e. The van der Waals surface area contributed by atoms with Crippen molar-refractivity contribution in [3.63, 3.8) is 0 Å². The van der Waals surface area contributed by atoms with Crippen LogP contribution in [-0.4, -0.2) is 16.2 Å². The molecule has 2 aromatic rings. The van der Waals surface area contributed by atoms with Crippen molar-refractivity contribution in [2.24, 2.45) is 5.73 Å². The van der Waals surface area contributed by atoms with Gasteiger partial charge in [-0.1, -0.05) is 24.2 Å². The Labute approximate surface area is 105 Å². The van der Waals surface area contributed by atoms with Crippen molar-refractivity contribution in [3.05, 3.63) is 47.4 Å². The van der Waals surface area contributed by atoms with E-state index in [0.29, 0.717) is 24.6 Å². The van der Waals surface area contributed by atoms with Gasteiger partial charge in [-0.3, -0.25) is 0 Å². The minimum absolute atomic E-state index is 0.0459. The Morgan fingerprint density at radius 2 is 2.28 bits per heavy atom. The van der Waals surface area contributed by atoms with Crippen LogP contribution in [0.2, 0.25) is 0 Å². The number of hydrogen-bond acceptors (Lipinski definition) is 4. The van der Waals surface area contributed by atoms with E-state index >= 15 is 0 Å². The molecule has 0 aliphatic heterocycles. The van der Waals surface area contributed by atoms with Crippen LogP contribution in [0.3, 0.4) is 0 Å². The normalized spacial score (nSPS) is 12.6. The summed E-state index contributed by atoms with van der Waals surface area (Å²) in [6.07, 6.45) is 1.91. The number of nitrogens with zero attached hydrogens (tertiary/aromatic N) is 2. The predicted molar refractivity (Wildman–Crippen MR) is 65.5 cm³/mol. The monoisotopic (exact) mass is 249 g/mol. The lowest BCUT2D eigenvalue weighted by molar-refractivity contribution is 0.377. The van der Waals surface area contributed by atoms with Crippen molar-refractivity contribution in [2.75, 3.05) is 0 Å². The second kappa shape index (κ2) is 5.73. The van der Waals surface area contributed by atoms with Crippen LogP contribution in [0.1, 0.15) is 30.6 Å². The van der Waals surface area contributed by atoms with E-state index in [1.165, 1.54) is 12.1 Å². The second-order valence-corrected chi connectivity index (χ2v) is 4.28. The average Bonchev–Trinajstić information content (AvgIpc) is 2.76. The lowest BCUT2D eigenvalue weighted by atomic mass is 10.1. The molecule has 0 amide bonds. The highest BCUT2D eigenvalue weighted by Crippen LogP contribution is 2.10. The first-order valence-corrected chi connectivity index (χ1v) is 5.99. The first kappa shape index (κ1) is 12.7. The van der Waals surface area contributed by atoms with Gasteiger partial charge in [-0.05, 0) is 24.1 Å². The topological polar surface area (TPSA) is 64.9 Å². The first-order chi connectivity index (χ1) is 8.67. The molecular formula is C13H16FN3O. The molecule has 18 heavy (non-hydrogen) atoms. The predicted octanol–water partition coefficient (Wildman–Crippen LogP) is 2.08. The smallest absolute Gasteiger partial charge is 0.231 e. The van der Waals surface area contributed by atoms with Gasteiger partial charge in [-0.15, -0.1) is 0 Å². The molecule has 0 saturated carbocycles. The van der Waals surface area contributed by atoms with Crippen LogP contribution >= 0.6 is 0 Å². The molecule has 4 nitrogen and oxygen atoms in total. The Hall–Kier alpha value is -1.75. The molecular weight excluding hydrogens is 233 g/mol. The first-order valence-electron chi connectivity index (χ1n) is 5.99. The van der Waals surface area contributed by atoms with Gasteiger partial charge in [0.2, 0.25) is 5.89 Å². The van der Waals surface area contributed by atoms with Crippen LogP contribution in [0.4, 0.5) is 4.39 Å². The highest BCUT2D eigenvalue weighted by Gasteiger charge is 2.10. The lowest BCUT2D eigenvalue weighted by Crippen LogP contribution is -2.22. The van der Waals surface area contributed by atoms with Crippen molar-refractivity contribution in [2.45, 2.75) is 32.2 Å². The van der Waals surface area contributed by atoms with E-state index in [4.69, 9.17) is 10.3 Å². The zero-order valence-electron chi connectivity index (χ0n) is 10.3. The second-order valence-electron chi connectivity index (χ2n) is 4.28. The van der Waals surface area contributed by atoms with Crippen molar-refractivity contribution >= 4 is 0 Å². The Balaban J connectivity index is 2.02. The quantitative estimate of drug-likeness (QED) is 0.881. The van der Waals surface area contributed by atoms with Crippen LogP contribution in [0.5, 0.6) is 0 Å². The van der Waals surface area contributed by atoms with Gasteiger partial charge in [0.05, 0.1) is 6.42 Å². The molecule has 0 spiro atoms. The summed E-state index contributed by atoms with van der Waals surface area (Å²) in [6.45, 7) is 2.01. The fraction of sp³-hybridized carbons (Fsp3) is 0.385. The number of benzene rings is 1. The molecule has 1 unspecified atom stereocenters. The molecule has 0 aliphatic carbocycles. The van der Waals surface area contributed by atoms with E-state index in [1.54, 1.807) is 6.07 Å². The highest BCUT2D eigenvalue weighted by molar-refractivity contribution is 5.19. The zero-order valence-corrected chi connectivity index (χ0v) is 10.3. The summed E-state index contributed by atoms with van der Waals surface area (Å²) in [4.78, 5) is 4.24. The summed E-state index contributed by atoms with van der Waals surface area (Å²) >= 11 is 0. The summed E-state index contributed by atoms with van der Waals surface area (Å²) < 4.78 is 18.1. The van der Waals surface area contributed by atoms with Crippen LogP contribution in [0.25, 0.3) is 0 Å². The molecule has 5 heteroatoms. The minimum atomic E-state index is -0.264. The summed E-state index contributed by atoms with van der Waals surface area (Å²) in [6, 6.07) is 6.40. The maximum atomic E-state index is 13.0. The molecule has 96 valence electrons. The summed E-state index contributed by atoms with van der Waals surface area (Å²) in [5.41, 5.74) is 6.63. The molecule has 0 radical (unpaired) electrons. The van der Waals surface area contributed by atoms with Crippen molar-refractivity contribution in [3.8, 4) is 0 Å². The third kappa shape index (κ3) is 3.37. The van der Waals surface area contributed by atoms with Gasteiger partial charge in [0.15, 0.2) is 5.82 Å². The molecule has 0 fully saturated rings. The van der Waals surface area contributed by atoms with Crippen molar-refractivity contribution in [1.29, 1.82) is 0 Å². The standard InChI is InChI=1S/C13H16FN3O/c1-2-11(15)8-12-16-13(18-17-12)7-9-4-3-5-10(14)6-9/h3-6,11H,2,7-8,15H2,1H3. The van der Waals surface area contributed by atoms with Crippen LogP contribution in [0, 0.1) is 5.82 Å². The average molecular weight is 249 g/mol. The number of rotatable bonds is 5. The molecule has 2 N–H and O–H groups in total. The van der Waals surface area contributed by atoms with Gasteiger partial charge >= 0.3 is 0 Å². The number of halogens is 1. The summed E-state index contributed by atoms with van der Waals surface area (Å²) in [5, 5.41) is 3.86. The van der Waals surface area contributed by atoms with Crippen molar-refractivity contribution < 1.29 is 8.91 Å². The van der Waals surface area contributed by atoms with Crippen LogP contribution in [-0.2, 0) is 12.8 Å². The summed E-state index contributed by atoms with van der Waals surface area (Å²) in [5.74, 6) is 0.829. The molecule has 0 saturated heterocycles. The van der Waals surface area contributed by atoms with Gasteiger partial charge in [0, 0.05) is 12.5 Å². The Morgan fingerprint density at radius 1 is 1.44 bits per heavy atom. The number of aromatic nitrogens is 2. The molecule has 0 bridgehead atoms. The fourth-order valence-corrected chi connectivity index (χ4v) is 1.65. The van der Waals surface area contributed by atoms with Gasteiger partial charge < -0.3 is 10.3 Å². The van der Waals surface area contributed by atoms with Crippen LogP contribution < -0.4 is 5.73 Å². The van der Waals surface area contributed by atoms with E-state index in [-0.39, 0.29) is 11.9 Å². The van der Waals surface area contributed by atoms with Gasteiger partial charge in [0.1, 0.15) is 5.82 Å². The molecule has 1 heterocycles. The molecule has 1 aromatic heterocycles.